The molecule has 2 heteroatoms. The minimum atomic E-state index is 0.124. The van der Waals surface area contributed by atoms with Crippen molar-refractivity contribution in [3.63, 3.8) is 0 Å². The number of hydrogen-bond donors (Lipinski definition) is 0. The minimum absolute atomic E-state index is 0.124. The highest BCUT2D eigenvalue weighted by atomic mass is 16.5. The molecule has 0 unspecified atom stereocenters. The van der Waals surface area contributed by atoms with E-state index in [4.69, 9.17) is 4.74 Å². The molecule has 0 atom stereocenters. The number of hydrogen-bond acceptors (Lipinski definition) is 2. The van der Waals surface area contributed by atoms with E-state index in [1.54, 1.807) is 7.11 Å². The van der Waals surface area contributed by atoms with Crippen molar-refractivity contribution in [1.82, 2.24) is 0 Å². The van der Waals surface area contributed by atoms with E-state index in [1.807, 2.05) is 6.08 Å². The maximum atomic E-state index is 11.7. The predicted octanol–water partition coefficient (Wildman–Crippen LogP) is 2.36. The largest absolute Gasteiger partial charge is 0.493 e. The van der Waals surface area contributed by atoms with Gasteiger partial charge in [0.2, 0.25) is 5.78 Å². The number of ether oxygens (including phenoxy) is 1. The van der Waals surface area contributed by atoms with Crippen molar-refractivity contribution >= 4 is 5.78 Å². The quantitative estimate of drug-likeness (QED) is 0.576. The van der Waals surface area contributed by atoms with Gasteiger partial charge in [0.1, 0.15) is 0 Å². The highest BCUT2D eigenvalue weighted by molar-refractivity contribution is 6.10. The van der Waals surface area contributed by atoms with Gasteiger partial charge in [-0.05, 0) is 38.2 Å². The van der Waals surface area contributed by atoms with Gasteiger partial charge >= 0.3 is 0 Å². The average molecular weight is 178 g/mol. The third kappa shape index (κ3) is 1.41. The van der Waals surface area contributed by atoms with E-state index in [-0.39, 0.29) is 5.78 Å². The van der Waals surface area contributed by atoms with Crippen LogP contribution in [0.5, 0.6) is 0 Å². The van der Waals surface area contributed by atoms with E-state index in [1.165, 1.54) is 18.4 Å². The van der Waals surface area contributed by atoms with Crippen molar-refractivity contribution < 1.29 is 9.53 Å². The molecule has 0 heterocycles. The highest BCUT2D eigenvalue weighted by Crippen LogP contribution is 2.33. The van der Waals surface area contributed by atoms with Crippen LogP contribution in [0.25, 0.3) is 0 Å². The Balaban J connectivity index is 2.21. The highest BCUT2D eigenvalue weighted by Gasteiger charge is 2.25. The van der Waals surface area contributed by atoms with Gasteiger partial charge in [-0.2, -0.15) is 0 Å². The summed E-state index contributed by atoms with van der Waals surface area (Å²) in [4.78, 5) is 11.7. The molecule has 0 spiro atoms. The lowest BCUT2D eigenvalue weighted by Gasteiger charge is -2.02. The van der Waals surface area contributed by atoms with Crippen LogP contribution >= 0.6 is 0 Å². The van der Waals surface area contributed by atoms with E-state index in [2.05, 4.69) is 0 Å². The summed E-state index contributed by atoms with van der Waals surface area (Å²) in [5.41, 5.74) is 2.38. The van der Waals surface area contributed by atoms with Crippen molar-refractivity contribution in [1.29, 1.82) is 0 Å². The average Bonchev–Trinajstić information content (AvgIpc) is 2.72. The van der Waals surface area contributed by atoms with Gasteiger partial charge in [0, 0.05) is 5.57 Å². The van der Waals surface area contributed by atoms with Gasteiger partial charge in [0.25, 0.3) is 0 Å². The number of methoxy groups -OCH3 is 1. The molecule has 0 radical (unpaired) electrons. The zero-order valence-corrected chi connectivity index (χ0v) is 7.93. The SMILES string of the molecule is COC1=CCC(=C2CCCC2)C1=O. The monoisotopic (exact) mass is 178 g/mol. The standard InChI is InChI=1S/C11H14O2/c1-13-10-7-6-9(11(10)12)8-4-2-3-5-8/h7H,2-6H2,1H3. The lowest BCUT2D eigenvalue weighted by atomic mass is 10.0. The fourth-order valence-electron chi connectivity index (χ4n) is 2.11. The first-order valence-electron chi connectivity index (χ1n) is 4.82. The molecule has 0 amide bonds. The van der Waals surface area contributed by atoms with Crippen molar-refractivity contribution in [3.05, 3.63) is 23.0 Å². The van der Waals surface area contributed by atoms with Crippen LogP contribution in [0.2, 0.25) is 0 Å². The smallest absolute Gasteiger partial charge is 0.223 e. The molecule has 1 saturated carbocycles. The Morgan fingerprint density at radius 2 is 2.00 bits per heavy atom. The Hall–Kier alpha value is -1.05. The Kier molecular flexibility index (Phi) is 2.21. The predicted molar refractivity (Wildman–Crippen MR) is 50.2 cm³/mol. The van der Waals surface area contributed by atoms with Crippen LogP contribution in [0.4, 0.5) is 0 Å². The molecule has 13 heavy (non-hydrogen) atoms. The number of rotatable bonds is 1. The summed E-state index contributed by atoms with van der Waals surface area (Å²) < 4.78 is 4.99. The van der Waals surface area contributed by atoms with Crippen LogP contribution in [-0.2, 0) is 9.53 Å². The zero-order chi connectivity index (χ0) is 9.26. The van der Waals surface area contributed by atoms with Gasteiger partial charge in [-0.25, -0.2) is 0 Å². The van der Waals surface area contributed by atoms with Gasteiger partial charge in [-0.15, -0.1) is 0 Å². The van der Waals surface area contributed by atoms with Crippen LogP contribution in [0.3, 0.4) is 0 Å². The minimum Gasteiger partial charge on any atom is -0.493 e. The number of carbonyl (C=O) groups excluding carboxylic acids is 1. The van der Waals surface area contributed by atoms with Crippen LogP contribution < -0.4 is 0 Å². The number of carbonyl (C=O) groups is 1. The topological polar surface area (TPSA) is 26.3 Å². The van der Waals surface area contributed by atoms with Crippen LogP contribution in [0, 0.1) is 0 Å². The molecule has 0 bridgehead atoms. The lowest BCUT2D eigenvalue weighted by molar-refractivity contribution is -0.114. The fourth-order valence-corrected chi connectivity index (χ4v) is 2.11. The van der Waals surface area contributed by atoms with Crippen molar-refractivity contribution in [2.45, 2.75) is 32.1 Å². The maximum Gasteiger partial charge on any atom is 0.223 e. The first-order chi connectivity index (χ1) is 6.33. The Morgan fingerprint density at radius 1 is 1.31 bits per heavy atom. The summed E-state index contributed by atoms with van der Waals surface area (Å²) in [7, 11) is 1.56. The first-order valence-corrected chi connectivity index (χ1v) is 4.82. The summed E-state index contributed by atoms with van der Waals surface area (Å²) >= 11 is 0. The molecule has 2 aliphatic rings. The lowest BCUT2D eigenvalue weighted by Crippen LogP contribution is -2.02. The number of allylic oxidation sites excluding steroid dienone is 3. The van der Waals surface area contributed by atoms with Crippen LogP contribution in [0.1, 0.15) is 32.1 Å². The fraction of sp³-hybridized carbons (Fsp3) is 0.545. The third-order valence-corrected chi connectivity index (χ3v) is 2.84. The molecule has 2 nitrogen and oxygen atoms in total. The molecule has 0 aromatic carbocycles. The molecular formula is C11H14O2. The second kappa shape index (κ2) is 3.36. The first kappa shape index (κ1) is 8.54. The van der Waals surface area contributed by atoms with E-state index < -0.39 is 0 Å². The molecule has 0 aromatic heterocycles. The van der Waals surface area contributed by atoms with Gasteiger partial charge in [-0.3, -0.25) is 4.79 Å². The van der Waals surface area contributed by atoms with E-state index >= 15 is 0 Å². The Bertz CT molecular complexity index is 289. The molecule has 0 N–H and O–H groups in total. The van der Waals surface area contributed by atoms with E-state index in [9.17, 15) is 4.79 Å². The van der Waals surface area contributed by atoms with Crippen molar-refractivity contribution in [2.24, 2.45) is 0 Å². The summed E-state index contributed by atoms with van der Waals surface area (Å²) in [5.74, 6) is 0.661. The number of ketones is 1. The second-order valence-corrected chi connectivity index (χ2v) is 3.59. The summed E-state index contributed by atoms with van der Waals surface area (Å²) in [5, 5.41) is 0. The van der Waals surface area contributed by atoms with Crippen molar-refractivity contribution in [2.75, 3.05) is 7.11 Å². The molecule has 0 aromatic rings. The van der Waals surface area contributed by atoms with Gasteiger partial charge in [0.05, 0.1) is 7.11 Å². The van der Waals surface area contributed by atoms with Crippen LogP contribution in [0.15, 0.2) is 23.0 Å². The Labute approximate surface area is 78.3 Å². The summed E-state index contributed by atoms with van der Waals surface area (Å²) in [6.45, 7) is 0. The Morgan fingerprint density at radius 3 is 2.54 bits per heavy atom. The molecular weight excluding hydrogens is 164 g/mol. The van der Waals surface area contributed by atoms with Gasteiger partial charge in [0.15, 0.2) is 5.76 Å². The third-order valence-electron chi connectivity index (χ3n) is 2.84. The van der Waals surface area contributed by atoms with E-state index in [0.717, 1.165) is 24.8 Å². The van der Waals surface area contributed by atoms with Crippen molar-refractivity contribution in [3.8, 4) is 0 Å². The molecule has 2 rings (SSSR count). The van der Waals surface area contributed by atoms with Gasteiger partial charge < -0.3 is 4.74 Å². The summed E-state index contributed by atoms with van der Waals surface area (Å²) in [6.07, 6.45) is 7.40. The van der Waals surface area contributed by atoms with Gasteiger partial charge in [-0.1, -0.05) is 5.57 Å². The molecule has 70 valence electrons. The molecule has 0 saturated heterocycles. The molecule has 0 aliphatic heterocycles. The zero-order valence-electron chi connectivity index (χ0n) is 7.93. The maximum absolute atomic E-state index is 11.7. The van der Waals surface area contributed by atoms with E-state index in [0.29, 0.717) is 5.76 Å². The van der Waals surface area contributed by atoms with Crippen LogP contribution in [-0.4, -0.2) is 12.9 Å². The molecule has 2 aliphatic carbocycles. The molecule has 1 fully saturated rings. The normalized spacial score (nSPS) is 22.5. The summed E-state index contributed by atoms with van der Waals surface area (Å²) in [6, 6.07) is 0. The number of Topliss-reactive ketones (excluding diaryl/α,β-unsaturated/α-hetero) is 1. The second-order valence-electron chi connectivity index (χ2n) is 3.59.